The van der Waals surface area contributed by atoms with Crippen molar-refractivity contribution in [1.29, 1.82) is 0 Å². The third-order valence-electron chi connectivity index (χ3n) is 4.70. The van der Waals surface area contributed by atoms with Crippen molar-refractivity contribution >= 4 is 17.3 Å². The van der Waals surface area contributed by atoms with Gasteiger partial charge in [0.2, 0.25) is 0 Å². The molecule has 22 heavy (non-hydrogen) atoms. The number of nitrogens with one attached hydrogen (secondary N) is 2. The van der Waals surface area contributed by atoms with Crippen LogP contribution in [-0.2, 0) is 6.54 Å². The van der Waals surface area contributed by atoms with E-state index in [1.807, 2.05) is 7.05 Å². The second-order valence-corrected chi connectivity index (χ2v) is 7.96. The molecule has 0 aliphatic heterocycles. The van der Waals surface area contributed by atoms with E-state index in [1.165, 1.54) is 30.6 Å². The Morgan fingerprint density at radius 3 is 2.45 bits per heavy atom. The Morgan fingerprint density at radius 2 is 1.95 bits per heavy atom. The highest BCUT2D eigenvalue weighted by Crippen LogP contribution is 2.29. The first-order valence-corrected chi connectivity index (χ1v) is 9.21. The molecule has 0 radical (unpaired) electrons. The maximum atomic E-state index is 4.47. The Morgan fingerprint density at radius 1 is 1.27 bits per heavy atom. The van der Waals surface area contributed by atoms with Gasteiger partial charge in [-0.25, -0.2) is 4.98 Å². The first-order chi connectivity index (χ1) is 10.5. The van der Waals surface area contributed by atoms with Gasteiger partial charge in [-0.15, -0.1) is 11.3 Å². The number of rotatable bonds is 4. The Balaban J connectivity index is 1.80. The topological polar surface area (TPSA) is 49.3 Å². The Hall–Kier alpha value is -1.10. The van der Waals surface area contributed by atoms with Crippen molar-refractivity contribution in [3.8, 4) is 0 Å². The predicted octanol–water partition coefficient (Wildman–Crippen LogP) is 3.64. The van der Waals surface area contributed by atoms with Gasteiger partial charge in [-0.3, -0.25) is 4.99 Å². The molecule has 2 N–H and O–H groups in total. The number of thiazole rings is 1. The minimum absolute atomic E-state index is 0.561. The van der Waals surface area contributed by atoms with E-state index in [9.17, 15) is 0 Å². The van der Waals surface area contributed by atoms with Gasteiger partial charge in [-0.1, -0.05) is 13.8 Å². The van der Waals surface area contributed by atoms with E-state index in [0.29, 0.717) is 6.04 Å². The zero-order valence-electron chi connectivity index (χ0n) is 14.6. The zero-order chi connectivity index (χ0) is 16.1. The summed E-state index contributed by atoms with van der Waals surface area (Å²) in [7, 11) is 1.85. The summed E-state index contributed by atoms with van der Waals surface area (Å²) in [6.07, 6.45) is 5.17. The maximum absolute atomic E-state index is 4.47. The molecule has 4 nitrogen and oxygen atoms in total. The van der Waals surface area contributed by atoms with Gasteiger partial charge in [0.25, 0.3) is 0 Å². The number of hydrogen-bond donors (Lipinski definition) is 2. The molecule has 124 valence electrons. The molecule has 5 heteroatoms. The smallest absolute Gasteiger partial charge is 0.191 e. The van der Waals surface area contributed by atoms with Gasteiger partial charge in [0.1, 0.15) is 0 Å². The molecule has 0 spiro atoms. The summed E-state index contributed by atoms with van der Waals surface area (Å²) in [5.74, 6) is 2.63. The number of aromatic nitrogens is 1. The lowest BCUT2D eigenvalue weighted by Gasteiger charge is -2.32. The molecule has 1 heterocycles. The second kappa shape index (κ2) is 7.95. The lowest BCUT2D eigenvalue weighted by atomic mass is 9.80. The van der Waals surface area contributed by atoms with Crippen molar-refractivity contribution in [3.05, 3.63) is 15.6 Å². The van der Waals surface area contributed by atoms with E-state index in [4.69, 9.17) is 0 Å². The maximum Gasteiger partial charge on any atom is 0.191 e. The number of aryl methyl sites for hydroxylation is 2. The Kier molecular flexibility index (Phi) is 6.24. The first-order valence-electron chi connectivity index (χ1n) is 8.39. The van der Waals surface area contributed by atoms with Crippen LogP contribution in [0.5, 0.6) is 0 Å². The molecule has 0 aromatic carbocycles. The summed E-state index contributed by atoms with van der Waals surface area (Å²) in [4.78, 5) is 10.1. The van der Waals surface area contributed by atoms with Crippen molar-refractivity contribution in [2.24, 2.45) is 16.8 Å². The van der Waals surface area contributed by atoms with Crippen LogP contribution in [-0.4, -0.2) is 24.0 Å². The van der Waals surface area contributed by atoms with Gasteiger partial charge < -0.3 is 10.6 Å². The van der Waals surface area contributed by atoms with Crippen molar-refractivity contribution in [3.63, 3.8) is 0 Å². The van der Waals surface area contributed by atoms with E-state index in [1.54, 1.807) is 11.3 Å². The van der Waals surface area contributed by atoms with Crippen LogP contribution >= 0.6 is 11.3 Å². The van der Waals surface area contributed by atoms with E-state index in [2.05, 4.69) is 48.3 Å². The molecule has 0 unspecified atom stereocenters. The van der Waals surface area contributed by atoms with Crippen LogP contribution in [0.25, 0.3) is 0 Å². The molecule has 0 saturated heterocycles. The van der Waals surface area contributed by atoms with E-state index in [0.717, 1.165) is 35.0 Å². The SMILES string of the molecule is CN=C(NCc1sc(C)nc1C)NC1CCC(C(C)C)CC1. The van der Waals surface area contributed by atoms with Gasteiger partial charge >= 0.3 is 0 Å². The average Bonchev–Trinajstić information content (AvgIpc) is 2.81. The largest absolute Gasteiger partial charge is 0.354 e. The Labute approximate surface area is 138 Å². The molecule has 2 rings (SSSR count). The minimum atomic E-state index is 0.561. The third kappa shape index (κ3) is 4.70. The molecule has 1 aromatic heterocycles. The van der Waals surface area contributed by atoms with Gasteiger partial charge in [0.15, 0.2) is 5.96 Å². The molecular formula is C17H30N4S. The fourth-order valence-electron chi connectivity index (χ4n) is 3.22. The van der Waals surface area contributed by atoms with Crippen molar-refractivity contribution in [2.75, 3.05) is 7.05 Å². The summed E-state index contributed by atoms with van der Waals surface area (Å²) in [5, 5.41) is 8.14. The van der Waals surface area contributed by atoms with Crippen LogP contribution in [0.4, 0.5) is 0 Å². The molecule has 0 bridgehead atoms. The standard InChI is InChI=1S/C17H30N4S/c1-11(2)14-6-8-15(9-7-14)21-17(18-5)19-10-16-12(3)20-13(4)22-16/h11,14-15H,6-10H2,1-5H3,(H2,18,19,21). The molecule has 1 aliphatic carbocycles. The van der Waals surface area contributed by atoms with Crippen LogP contribution in [0.15, 0.2) is 4.99 Å². The molecular weight excluding hydrogens is 292 g/mol. The highest BCUT2D eigenvalue weighted by Gasteiger charge is 2.23. The predicted molar refractivity (Wildman–Crippen MR) is 95.5 cm³/mol. The quantitative estimate of drug-likeness (QED) is 0.657. The summed E-state index contributed by atoms with van der Waals surface area (Å²) in [5.41, 5.74) is 1.13. The normalized spacial score (nSPS) is 22.9. The van der Waals surface area contributed by atoms with Crippen molar-refractivity contribution in [1.82, 2.24) is 15.6 Å². The lowest BCUT2D eigenvalue weighted by Crippen LogP contribution is -2.44. The van der Waals surface area contributed by atoms with E-state index < -0.39 is 0 Å². The summed E-state index contributed by atoms with van der Waals surface area (Å²) in [6.45, 7) is 9.63. The molecule has 1 aliphatic rings. The van der Waals surface area contributed by atoms with Crippen molar-refractivity contribution < 1.29 is 0 Å². The highest BCUT2D eigenvalue weighted by molar-refractivity contribution is 7.11. The fourth-order valence-corrected chi connectivity index (χ4v) is 4.10. The van der Waals surface area contributed by atoms with Crippen LogP contribution in [0.3, 0.4) is 0 Å². The zero-order valence-corrected chi connectivity index (χ0v) is 15.4. The summed E-state index contributed by atoms with van der Waals surface area (Å²) < 4.78 is 0. The van der Waals surface area contributed by atoms with Crippen molar-refractivity contribution in [2.45, 2.75) is 66.0 Å². The Bertz CT molecular complexity index is 499. The van der Waals surface area contributed by atoms with Crippen LogP contribution in [0.1, 0.15) is 55.1 Å². The van der Waals surface area contributed by atoms with Gasteiger partial charge in [0, 0.05) is 18.0 Å². The van der Waals surface area contributed by atoms with E-state index >= 15 is 0 Å². The highest BCUT2D eigenvalue weighted by atomic mass is 32.1. The molecule has 1 saturated carbocycles. The number of nitrogens with zero attached hydrogens (tertiary/aromatic N) is 2. The molecule has 0 amide bonds. The van der Waals surface area contributed by atoms with Crippen LogP contribution < -0.4 is 10.6 Å². The van der Waals surface area contributed by atoms with Crippen LogP contribution in [0, 0.1) is 25.7 Å². The molecule has 0 atom stereocenters. The third-order valence-corrected chi connectivity index (χ3v) is 5.77. The van der Waals surface area contributed by atoms with Gasteiger partial charge in [-0.05, 0) is 51.4 Å². The first kappa shape index (κ1) is 17.3. The number of guanidine groups is 1. The lowest BCUT2D eigenvalue weighted by molar-refractivity contribution is 0.250. The second-order valence-electron chi connectivity index (χ2n) is 6.67. The summed E-state index contributed by atoms with van der Waals surface area (Å²) >= 11 is 1.76. The molecule has 1 fully saturated rings. The number of aliphatic imine (C=N–C) groups is 1. The van der Waals surface area contributed by atoms with Gasteiger partial charge in [-0.2, -0.15) is 0 Å². The molecule has 1 aromatic rings. The van der Waals surface area contributed by atoms with Crippen LogP contribution in [0.2, 0.25) is 0 Å². The average molecular weight is 323 g/mol. The van der Waals surface area contributed by atoms with Gasteiger partial charge in [0.05, 0.1) is 17.2 Å². The fraction of sp³-hybridized carbons (Fsp3) is 0.765. The summed E-state index contributed by atoms with van der Waals surface area (Å²) in [6, 6.07) is 0.561. The van der Waals surface area contributed by atoms with E-state index in [-0.39, 0.29) is 0 Å². The monoisotopic (exact) mass is 322 g/mol. The number of hydrogen-bond acceptors (Lipinski definition) is 3. The minimum Gasteiger partial charge on any atom is -0.354 e.